The predicted octanol–water partition coefficient (Wildman–Crippen LogP) is 1.33. The highest BCUT2D eigenvalue weighted by molar-refractivity contribution is 9.10. The topological polar surface area (TPSA) is 44.4 Å². The van der Waals surface area contributed by atoms with Gasteiger partial charge in [-0.2, -0.15) is 0 Å². The average Bonchev–Trinajstić information content (AvgIpc) is 1.77. The van der Waals surface area contributed by atoms with Gasteiger partial charge in [0, 0.05) is 16.4 Å². The van der Waals surface area contributed by atoms with Gasteiger partial charge in [-0.05, 0) is 35.0 Å². The van der Waals surface area contributed by atoms with Crippen molar-refractivity contribution < 1.29 is 5.48 Å². The van der Waals surface area contributed by atoms with E-state index >= 15 is 0 Å². The van der Waals surface area contributed by atoms with Gasteiger partial charge in [0.25, 0.3) is 0 Å². The summed E-state index contributed by atoms with van der Waals surface area (Å²) >= 11 is 3.28. The van der Waals surface area contributed by atoms with Crippen LogP contribution in [-0.4, -0.2) is 10.5 Å². The zero-order valence-electron chi connectivity index (χ0n) is 5.06. The van der Waals surface area contributed by atoms with E-state index in [1.54, 1.807) is 6.20 Å². The first-order valence-corrected chi connectivity index (χ1v) is 3.16. The van der Waals surface area contributed by atoms with E-state index in [-0.39, 0.29) is 5.48 Å². The summed E-state index contributed by atoms with van der Waals surface area (Å²) in [6.45, 7) is 1.96. The molecule has 0 fully saturated rings. The Morgan fingerprint density at radius 3 is 2.44 bits per heavy atom. The summed E-state index contributed by atoms with van der Waals surface area (Å²) in [7, 11) is 0. The summed E-state index contributed by atoms with van der Waals surface area (Å²) in [4.78, 5) is 4.03. The number of hydrogen-bond acceptors (Lipinski definition) is 1. The highest BCUT2D eigenvalue weighted by Gasteiger charge is 1.82. The second-order valence-electron chi connectivity index (χ2n) is 1.62. The maximum Gasteiger partial charge on any atom is 0.0413 e. The molecule has 0 unspecified atom stereocenters. The van der Waals surface area contributed by atoms with Crippen LogP contribution in [0.15, 0.2) is 22.8 Å². The summed E-state index contributed by atoms with van der Waals surface area (Å²) < 4.78 is 1.03. The predicted molar refractivity (Wildman–Crippen MR) is 40.3 cm³/mol. The molecule has 0 saturated heterocycles. The molecule has 0 aliphatic heterocycles. The highest BCUT2D eigenvalue weighted by Crippen LogP contribution is 2.05. The fraction of sp³-hybridized carbons (Fsp3) is 0.167. The van der Waals surface area contributed by atoms with Crippen molar-refractivity contribution in [2.24, 2.45) is 0 Å². The molecule has 0 aromatic carbocycles. The minimum Gasteiger partial charge on any atom is -0.412 e. The molecule has 0 radical (unpaired) electrons. The first kappa shape index (κ1) is 8.59. The van der Waals surface area contributed by atoms with Crippen LogP contribution in [0.2, 0.25) is 0 Å². The number of aryl methyl sites for hydroxylation is 1. The largest absolute Gasteiger partial charge is 0.412 e. The average molecular weight is 190 g/mol. The maximum absolute atomic E-state index is 4.03. The molecule has 0 aliphatic rings. The van der Waals surface area contributed by atoms with E-state index in [0.29, 0.717) is 0 Å². The monoisotopic (exact) mass is 189 g/mol. The molecule has 1 heterocycles. The number of hydrogen-bond donors (Lipinski definition) is 0. The summed E-state index contributed by atoms with van der Waals surface area (Å²) in [5.41, 5.74) is 1.05. The van der Waals surface area contributed by atoms with Crippen LogP contribution in [0.25, 0.3) is 0 Å². The Morgan fingerprint density at radius 1 is 1.44 bits per heavy atom. The van der Waals surface area contributed by atoms with Crippen molar-refractivity contribution >= 4 is 15.9 Å². The molecule has 1 rings (SSSR count). The van der Waals surface area contributed by atoms with E-state index in [0.717, 1.165) is 10.2 Å². The number of rotatable bonds is 0. The van der Waals surface area contributed by atoms with Crippen molar-refractivity contribution in [3.05, 3.63) is 28.5 Å². The minimum absolute atomic E-state index is 0. The molecule has 0 saturated carbocycles. The van der Waals surface area contributed by atoms with Crippen LogP contribution < -0.4 is 0 Å². The summed E-state index contributed by atoms with van der Waals surface area (Å²) in [6.07, 6.45) is 1.79. The van der Waals surface area contributed by atoms with E-state index in [1.807, 2.05) is 19.1 Å². The summed E-state index contributed by atoms with van der Waals surface area (Å²) in [6, 6.07) is 3.94. The van der Waals surface area contributed by atoms with Crippen molar-refractivity contribution in [3.63, 3.8) is 0 Å². The molecular weight excluding hydrogens is 182 g/mol. The third-order valence-corrected chi connectivity index (χ3v) is 1.34. The minimum atomic E-state index is 0. The van der Waals surface area contributed by atoms with Gasteiger partial charge >= 0.3 is 0 Å². The van der Waals surface area contributed by atoms with Crippen LogP contribution in [0.5, 0.6) is 0 Å². The van der Waals surface area contributed by atoms with Crippen LogP contribution >= 0.6 is 15.9 Å². The molecule has 1 aromatic heterocycles. The molecule has 50 valence electrons. The van der Waals surface area contributed by atoms with Gasteiger partial charge in [-0.15, -0.1) is 0 Å². The second-order valence-corrected chi connectivity index (χ2v) is 2.53. The van der Waals surface area contributed by atoms with E-state index in [1.165, 1.54) is 0 Å². The molecule has 0 amide bonds. The zero-order valence-corrected chi connectivity index (χ0v) is 6.64. The smallest absolute Gasteiger partial charge is 0.0413 e. The third-order valence-electron chi connectivity index (χ3n) is 0.875. The Hall–Kier alpha value is -0.410. The summed E-state index contributed by atoms with van der Waals surface area (Å²) in [5, 5.41) is 0. The summed E-state index contributed by atoms with van der Waals surface area (Å²) in [5.74, 6) is 0. The van der Waals surface area contributed by atoms with Gasteiger partial charge in [0.05, 0.1) is 0 Å². The molecule has 0 aliphatic carbocycles. The Labute approximate surface area is 62.4 Å². The standard InChI is InChI=1S/C6H6BrN.H2O/c1-5-2-3-6(7)4-8-5;/h2-4H,1H3;1H2. The van der Waals surface area contributed by atoms with Crippen LogP contribution in [0.1, 0.15) is 5.69 Å². The van der Waals surface area contributed by atoms with Gasteiger partial charge in [-0.25, -0.2) is 0 Å². The quantitative estimate of drug-likeness (QED) is 0.608. The lowest BCUT2D eigenvalue weighted by atomic mass is 10.4. The van der Waals surface area contributed by atoms with Crippen molar-refractivity contribution in [2.45, 2.75) is 6.92 Å². The first-order valence-electron chi connectivity index (χ1n) is 2.37. The molecule has 0 atom stereocenters. The van der Waals surface area contributed by atoms with Gasteiger partial charge in [0.2, 0.25) is 0 Å². The highest BCUT2D eigenvalue weighted by atomic mass is 79.9. The Morgan fingerprint density at radius 2 is 2.11 bits per heavy atom. The van der Waals surface area contributed by atoms with Crippen LogP contribution in [0.3, 0.4) is 0 Å². The maximum atomic E-state index is 4.03. The van der Waals surface area contributed by atoms with Gasteiger partial charge in [0.15, 0.2) is 0 Å². The van der Waals surface area contributed by atoms with Gasteiger partial charge in [-0.1, -0.05) is 0 Å². The van der Waals surface area contributed by atoms with E-state index < -0.39 is 0 Å². The molecule has 2 N–H and O–H groups in total. The molecule has 2 nitrogen and oxygen atoms in total. The Balaban J connectivity index is 0.000000640. The number of aromatic nitrogens is 1. The molecule has 0 spiro atoms. The fourth-order valence-electron chi connectivity index (χ4n) is 0.450. The van der Waals surface area contributed by atoms with Gasteiger partial charge in [0.1, 0.15) is 0 Å². The first-order chi connectivity index (χ1) is 3.79. The number of nitrogens with zero attached hydrogens (tertiary/aromatic N) is 1. The fourth-order valence-corrected chi connectivity index (χ4v) is 0.684. The van der Waals surface area contributed by atoms with Gasteiger partial charge < -0.3 is 5.48 Å². The van der Waals surface area contributed by atoms with Crippen molar-refractivity contribution in [1.82, 2.24) is 4.98 Å². The Bertz CT molecular complexity index is 152. The molecule has 1 aromatic rings. The molecule has 0 bridgehead atoms. The Kier molecular flexibility index (Phi) is 3.42. The van der Waals surface area contributed by atoms with E-state index in [2.05, 4.69) is 20.9 Å². The normalized spacial score (nSPS) is 8.22. The SMILES string of the molecule is Cc1ccc(Br)cn1.O. The van der Waals surface area contributed by atoms with E-state index in [4.69, 9.17) is 0 Å². The van der Waals surface area contributed by atoms with Gasteiger partial charge in [-0.3, -0.25) is 4.98 Å². The van der Waals surface area contributed by atoms with Crippen molar-refractivity contribution in [3.8, 4) is 0 Å². The lowest BCUT2D eigenvalue weighted by Gasteiger charge is -1.87. The molecule has 9 heavy (non-hydrogen) atoms. The lowest BCUT2D eigenvalue weighted by Crippen LogP contribution is -1.75. The van der Waals surface area contributed by atoms with Crippen molar-refractivity contribution in [2.75, 3.05) is 0 Å². The van der Waals surface area contributed by atoms with Crippen LogP contribution in [0, 0.1) is 6.92 Å². The second kappa shape index (κ2) is 3.58. The van der Waals surface area contributed by atoms with Crippen LogP contribution in [0.4, 0.5) is 0 Å². The zero-order chi connectivity index (χ0) is 5.98. The van der Waals surface area contributed by atoms with Crippen molar-refractivity contribution in [1.29, 1.82) is 0 Å². The number of pyridine rings is 1. The molecular formula is C6H8BrNO. The lowest BCUT2D eigenvalue weighted by molar-refractivity contribution is 0.824. The number of halogens is 1. The third kappa shape index (κ3) is 2.58. The van der Waals surface area contributed by atoms with Crippen LogP contribution in [-0.2, 0) is 0 Å². The molecule has 3 heteroatoms. The van der Waals surface area contributed by atoms with E-state index in [9.17, 15) is 0 Å².